The van der Waals surface area contributed by atoms with Crippen LogP contribution in [0.1, 0.15) is 10.4 Å². The van der Waals surface area contributed by atoms with Gasteiger partial charge in [0, 0.05) is 22.7 Å². The topological polar surface area (TPSA) is 51.2 Å². The fourth-order valence-corrected chi connectivity index (χ4v) is 3.85. The van der Waals surface area contributed by atoms with Crippen LogP contribution in [-0.4, -0.2) is 18.0 Å². The number of hydrogen-bond donors (Lipinski definition) is 1. The minimum absolute atomic E-state index is 0.183. The first-order chi connectivity index (χ1) is 16.2. The van der Waals surface area contributed by atoms with Crippen molar-refractivity contribution in [2.45, 2.75) is 0 Å². The molecule has 0 aliphatic rings. The van der Waals surface area contributed by atoms with Crippen LogP contribution < -0.4 is 10.1 Å². The van der Waals surface area contributed by atoms with Crippen LogP contribution in [0, 0.1) is 0 Å². The van der Waals surface area contributed by atoms with E-state index in [4.69, 9.17) is 9.72 Å². The van der Waals surface area contributed by atoms with Crippen molar-refractivity contribution in [2.75, 3.05) is 12.4 Å². The lowest BCUT2D eigenvalue weighted by Crippen LogP contribution is -2.13. The third kappa shape index (κ3) is 4.32. The fraction of sp³-hybridized carbons (Fsp3) is 0.0345. The van der Waals surface area contributed by atoms with Crippen LogP contribution in [0.15, 0.2) is 109 Å². The van der Waals surface area contributed by atoms with E-state index in [2.05, 4.69) is 17.4 Å². The molecule has 0 saturated carbocycles. The number of aromatic nitrogens is 1. The van der Waals surface area contributed by atoms with E-state index in [1.165, 1.54) is 0 Å². The predicted octanol–water partition coefficient (Wildman–Crippen LogP) is 6.83. The highest BCUT2D eigenvalue weighted by molar-refractivity contribution is 6.13. The van der Waals surface area contributed by atoms with Crippen molar-refractivity contribution in [3.05, 3.63) is 115 Å². The summed E-state index contributed by atoms with van der Waals surface area (Å²) in [6, 6.07) is 35.3. The normalized spacial score (nSPS) is 10.7. The zero-order valence-electron chi connectivity index (χ0n) is 18.2. The highest BCUT2D eigenvalue weighted by Crippen LogP contribution is 2.28. The zero-order chi connectivity index (χ0) is 22.6. The van der Waals surface area contributed by atoms with E-state index in [1.807, 2.05) is 97.1 Å². The molecular weight excluding hydrogens is 408 g/mol. The maximum Gasteiger partial charge on any atom is 0.256 e. The molecule has 1 amide bonds. The van der Waals surface area contributed by atoms with Crippen molar-refractivity contribution in [3.63, 3.8) is 0 Å². The molecule has 0 unspecified atom stereocenters. The van der Waals surface area contributed by atoms with Crippen molar-refractivity contribution in [2.24, 2.45) is 0 Å². The van der Waals surface area contributed by atoms with Gasteiger partial charge in [-0.2, -0.15) is 0 Å². The molecule has 1 heterocycles. The van der Waals surface area contributed by atoms with Crippen molar-refractivity contribution >= 4 is 22.5 Å². The molecule has 0 atom stereocenters. The number of pyridine rings is 1. The number of nitrogens with zero attached hydrogens (tertiary/aromatic N) is 1. The molecule has 0 spiro atoms. The smallest absolute Gasteiger partial charge is 0.256 e. The van der Waals surface area contributed by atoms with Gasteiger partial charge >= 0.3 is 0 Å². The zero-order valence-corrected chi connectivity index (χ0v) is 18.2. The van der Waals surface area contributed by atoms with Gasteiger partial charge in [0.2, 0.25) is 0 Å². The Bertz CT molecular complexity index is 1410. The second kappa shape index (κ2) is 8.97. The summed E-state index contributed by atoms with van der Waals surface area (Å²) in [4.78, 5) is 18.1. The van der Waals surface area contributed by atoms with Crippen LogP contribution in [-0.2, 0) is 0 Å². The Balaban J connectivity index is 1.51. The molecular formula is C29H22N2O2. The highest BCUT2D eigenvalue weighted by atomic mass is 16.5. The Kier molecular flexibility index (Phi) is 5.56. The van der Waals surface area contributed by atoms with Gasteiger partial charge in [0.1, 0.15) is 5.75 Å². The lowest BCUT2D eigenvalue weighted by molar-refractivity contribution is 0.102. The van der Waals surface area contributed by atoms with E-state index < -0.39 is 0 Å². The summed E-state index contributed by atoms with van der Waals surface area (Å²) in [5, 5.41) is 3.81. The second-order valence-corrected chi connectivity index (χ2v) is 7.70. The standard InChI is InChI=1S/C29H22N2O2/c1-33-24-16-17-25-26(19-27(31-28(25)18-24)22-10-6-3-7-11-22)29(32)30-23-14-12-21(13-15-23)20-8-4-2-5-9-20/h2-19H,1H3,(H,30,32). The number of rotatable bonds is 5. The lowest BCUT2D eigenvalue weighted by atomic mass is 10.0. The fourth-order valence-electron chi connectivity index (χ4n) is 3.85. The van der Waals surface area contributed by atoms with Crippen molar-refractivity contribution in [1.29, 1.82) is 0 Å². The van der Waals surface area contributed by atoms with E-state index in [0.29, 0.717) is 16.8 Å². The molecule has 0 saturated heterocycles. The maximum atomic E-state index is 13.4. The Morgan fingerprint density at radius 3 is 2.03 bits per heavy atom. The Labute approximate surface area is 192 Å². The van der Waals surface area contributed by atoms with Gasteiger partial charge in [-0.1, -0.05) is 72.8 Å². The average Bonchev–Trinajstić information content (AvgIpc) is 2.89. The molecule has 5 aromatic rings. The summed E-state index contributed by atoms with van der Waals surface area (Å²) in [7, 11) is 1.62. The van der Waals surface area contributed by atoms with Gasteiger partial charge < -0.3 is 10.1 Å². The average molecular weight is 431 g/mol. The molecule has 33 heavy (non-hydrogen) atoms. The van der Waals surface area contributed by atoms with Gasteiger partial charge in [0.25, 0.3) is 5.91 Å². The summed E-state index contributed by atoms with van der Waals surface area (Å²) in [6.07, 6.45) is 0. The number of fused-ring (bicyclic) bond motifs is 1. The third-order valence-electron chi connectivity index (χ3n) is 5.58. The number of hydrogen-bond acceptors (Lipinski definition) is 3. The minimum Gasteiger partial charge on any atom is -0.497 e. The molecule has 1 aromatic heterocycles. The summed E-state index contributed by atoms with van der Waals surface area (Å²) in [5.41, 5.74) is 5.93. The number of ether oxygens (including phenoxy) is 1. The Morgan fingerprint density at radius 1 is 0.727 bits per heavy atom. The van der Waals surface area contributed by atoms with Crippen molar-refractivity contribution < 1.29 is 9.53 Å². The van der Waals surface area contributed by atoms with Crippen LogP contribution in [0.3, 0.4) is 0 Å². The SMILES string of the molecule is COc1ccc2c(C(=O)Nc3ccc(-c4ccccc4)cc3)cc(-c3ccccc3)nc2c1. The van der Waals surface area contributed by atoms with E-state index in [-0.39, 0.29) is 5.91 Å². The number of anilines is 1. The van der Waals surface area contributed by atoms with Crippen LogP contribution in [0.4, 0.5) is 5.69 Å². The maximum absolute atomic E-state index is 13.4. The monoisotopic (exact) mass is 430 g/mol. The molecule has 1 N–H and O–H groups in total. The molecule has 5 rings (SSSR count). The summed E-state index contributed by atoms with van der Waals surface area (Å²) in [6.45, 7) is 0. The van der Waals surface area contributed by atoms with Crippen molar-refractivity contribution in [3.8, 4) is 28.1 Å². The lowest BCUT2D eigenvalue weighted by Gasteiger charge is -2.12. The van der Waals surface area contributed by atoms with Gasteiger partial charge in [-0.25, -0.2) is 4.98 Å². The number of carbonyl (C=O) groups is 1. The quantitative estimate of drug-likeness (QED) is 0.332. The number of benzene rings is 4. The van der Waals surface area contributed by atoms with Gasteiger partial charge in [0.05, 0.1) is 23.9 Å². The molecule has 0 bridgehead atoms. The summed E-state index contributed by atoms with van der Waals surface area (Å²) in [5.74, 6) is 0.514. The van der Waals surface area contributed by atoms with Crippen molar-refractivity contribution in [1.82, 2.24) is 4.98 Å². The van der Waals surface area contributed by atoms with E-state index in [9.17, 15) is 4.79 Å². The first-order valence-electron chi connectivity index (χ1n) is 10.7. The predicted molar refractivity (Wildman–Crippen MR) is 134 cm³/mol. The van der Waals surface area contributed by atoms with Crippen LogP contribution in [0.25, 0.3) is 33.3 Å². The first-order valence-corrected chi connectivity index (χ1v) is 10.7. The van der Waals surface area contributed by atoms with Gasteiger partial charge in [-0.05, 0) is 41.5 Å². The summed E-state index contributed by atoms with van der Waals surface area (Å²) >= 11 is 0. The second-order valence-electron chi connectivity index (χ2n) is 7.70. The molecule has 0 fully saturated rings. The van der Waals surface area contributed by atoms with Gasteiger partial charge in [-0.3, -0.25) is 4.79 Å². The molecule has 0 aliphatic heterocycles. The molecule has 160 valence electrons. The molecule has 4 nitrogen and oxygen atoms in total. The molecule has 4 heteroatoms. The largest absolute Gasteiger partial charge is 0.497 e. The number of methoxy groups -OCH3 is 1. The van der Waals surface area contributed by atoms with Crippen LogP contribution in [0.5, 0.6) is 5.75 Å². The van der Waals surface area contributed by atoms with Gasteiger partial charge in [-0.15, -0.1) is 0 Å². The third-order valence-corrected chi connectivity index (χ3v) is 5.58. The minimum atomic E-state index is -0.183. The van der Waals surface area contributed by atoms with E-state index in [1.54, 1.807) is 7.11 Å². The summed E-state index contributed by atoms with van der Waals surface area (Å²) < 4.78 is 5.37. The number of nitrogens with one attached hydrogen (secondary N) is 1. The first kappa shape index (κ1) is 20.5. The van der Waals surface area contributed by atoms with Crippen LogP contribution in [0.2, 0.25) is 0 Å². The van der Waals surface area contributed by atoms with Crippen LogP contribution >= 0.6 is 0 Å². The Hall–Kier alpha value is -4.44. The molecule has 0 aliphatic carbocycles. The van der Waals surface area contributed by atoms with E-state index >= 15 is 0 Å². The molecule has 4 aromatic carbocycles. The highest BCUT2D eigenvalue weighted by Gasteiger charge is 2.15. The number of amides is 1. The molecule has 0 radical (unpaired) electrons. The van der Waals surface area contributed by atoms with Gasteiger partial charge in [0.15, 0.2) is 0 Å². The van der Waals surface area contributed by atoms with E-state index in [0.717, 1.165) is 33.5 Å². The Morgan fingerprint density at radius 2 is 1.36 bits per heavy atom. The number of carbonyl (C=O) groups excluding carboxylic acids is 1.